The molecule has 0 unspecified atom stereocenters. The maximum absolute atomic E-state index is 13.2. The van der Waals surface area contributed by atoms with Crippen molar-refractivity contribution in [1.29, 1.82) is 0 Å². The third-order valence-corrected chi connectivity index (χ3v) is 2.02. The standard InChI is InChI=1S/C9H8FNO2/c1-13-5-2-3-7-6(4-5)8(10)9(12)11-7/h2-4,8H,1H3,(H,11,12)/t8-/m0/s1. The number of ether oxygens (including phenoxy) is 1. The molecule has 1 aliphatic heterocycles. The van der Waals surface area contributed by atoms with Gasteiger partial charge >= 0.3 is 0 Å². The molecule has 1 atom stereocenters. The van der Waals surface area contributed by atoms with E-state index in [0.717, 1.165) is 0 Å². The normalized spacial score (nSPS) is 19.5. The lowest BCUT2D eigenvalue weighted by atomic mass is 10.1. The van der Waals surface area contributed by atoms with Crippen LogP contribution in [0.1, 0.15) is 11.7 Å². The fraction of sp³-hybridized carbons (Fsp3) is 0.222. The van der Waals surface area contributed by atoms with Gasteiger partial charge in [0.2, 0.25) is 6.17 Å². The number of benzene rings is 1. The molecule has 1 aliphatic rings. The molecular weight excluding hydrogens is 173 g/mol. The molecule has 0 spiro atoms. The van der Waals surface area contributed by atoms with Crippen LogP contribution >= 0.6 is 0 Å². The lowest BCUT2D eigenvalue weighted by molar-refractivity contribution is -0.120. The summed E-state index contributed by atoms with van der Waals surface area (Å²) in [6, 6.07) is 4.83. The summed E-state index contributed by atoms with van der Waals surface area (Å²) >= 11 is 0. The van der Waals surface area contributed by atoms with Crippen LogP contribution in [-0.2, 0) is 4.79 Å². The van der Waals surface area contributed by atoms with Crippen molar-refractivity contribution in [3.8, 4) is 5.75 Å². The monoisotopic (exact) mass is 181 g/mol. The van der Waals surface area contributed by atoms with Crippen molar-refractivity contribution < 1.29 is 13.9 Å². The summed E-state index contributed by atoms with van der Waals surface area (Å²) in [6.45, 7) is 0. The molecule has 0 fully saturated rings. The average Bonchev–Trinajstić information content (AvgIpc) is 2.43. The summed E-state index contributed by atoms with van der Waals surface area (Å²) in [5.41, 5.74) is 0.877. The van der Waals surface area contributed by atoms with Crippen LogP contribution in [0.2, 0.25) is 0 Å². The smallest absolute Gasteiger partial charge is 0.263 e. The minimum Gasteiger partial charge on any atom is -0.497 e. The van der Waals surface area contributed by atoms with Crippen LogP contribution in [0.15, 0.2) is 18.2 Å². The number of alkyl halides is 1. The summed E-state index contributed by atoms with van der Waals surface area (Å²) in [5.74, 6) is -0.0545. The average molecular weight is 181 g/mol. The number of carbonyl (C=O) groups is 1. The van der Waals surface area contributed by atoms with Crippen LogP contribution < -0.4 is 10.1 Å². The van der Waals surface area contributed by atoms with Gasteiger partial charge in [-0.15, -0.1) is 0 Å². The molecular formula is C9H8FNO2. The first-order chi connectivity index (χ1) is 6.22. The number of hydrogen-bond acceptors (Lipinski definition) is 2. The van der Waals surface area contributed by atoms with E-state index in [1.807, 2.05) is 0 Å². The highest BCUT2D eigenvalue weighted by atomic mass is 19.1. The Hall–Kier alpha value is -1.58. The number of fused-ring (bicyclic) bond motifs is 1. The largest absolute Gasteiger partial charge is 0.497 e. The Morgan fingerprint density at radius 2 is 2.31 bits per heavy atom. The first kappa shape index (κ1) is 8.04. The van der Waals surface area contributed by atoms with Crippen molar-refractivity contribution in [2.45, 2.75) is 6.17 Å². The van der Waals surface area contributed by atoms with Gasteiger partial charge in [-0.25, -0.2) is 4.39 Å². The van der Waals surface area contributed by atoms with Gasteiger partial charge in [0, 0.05) is 11.3 Å². The van der Waals surface area contributed by atoms with Crippen molar-refractivity contribution >= 4 is 11.6 Å². The van der Waals surface area contributed by atoms with E-state index in [0.29, 0.717) is 17.0 Å². The molecule has 1 N–H and O–H groups in total. The topological polar surface area (TPSA) is 38.3 Å². The van der Waals surface area contributed by atoms with E-state index in [4.69, 9.17) is 4.74 Å². The van der Waals surface area contributed by atoms with Gasteiger partial charge in [0.05, 0.1) is 7.11 Å². The second-order valence-electron chi connectivity index (χ2n) is 2.80. The van der Waals surface area contributed by atoms with E-state index in [-0.39, 0.29) is 0 Å². The van der Waals surface area contributed by atoms with Gasteiger partial charge in [-0.2, -0.15) is 0 Å². The third-order valence-electron chi connectivity index (χ3n) is 2.02. The highest BCUT2D eigenvalue weighted by Gasteiger charge is 2.30. The lowest BCUT2D eigenvalue weighted by Crippen LogP contribution is -2.07. The highest BCUT2D eigenvalue weighted by molar-refractivity contribution is 6.01. The Bertz CT molecular complexity index is 365. The zero-order chi connectivity index (χ0) is 9.42. The molecule has 1 aromatic carbocycles. The van der Waals surface area contributed by atoms with Crippen LogP contribution in [0.25, 0.3) is 0 Å². The summed E-state index contributed by atoms with van der Waals surface area (Å²) in [4.78, 5) is 10.9. The molecule has 4 heteroatoms. The molecule has 3 nitrogen and oxygen atoms in total. The quantitative estimate of drug-likeness (QED) is 0.715. The van der Waals surface area contributed by atoms with Crippen LogP contribution in [-0.4, -0.2) is 13.0 Å². The Labute approximate surface area is 74.5 Å². The Kier molecular flexibility index (Phi) is 1.69. The molecule has 2 rings (SSSR count). The summed E-state index contributed by atoms with van der Waals surface area (Å²) < 4.78 is 18.1. The van der Waals surface area contributed by atoms with Crippen LogP contribution in [0.4, 0.5) is 10.1 Å². The number of carbonyl (C=O) groups excluding carboxylic acids is 1. The van der Waals surface area contributed by atoms with E-state index in [1.54, 1.807) is 12.1 Å². The predicted octanol–water partition coefficient (Wildman–Crippen LogP) is 1.66. The minimum atomic E-state index is -1.56. The van der Waals surface area contributed by atoms with E-state index in [2.05, 4.69) is 5.32 Å². The van der Waals surface area contributed by atoms with Crippen molar-refractivity contribution in [2.75, 3.05) is 12.4 Å². The Morgan fingerprint density at radius 3 is 3.00 bits per heavy atom. The SMILES string of the molecule is COc1ccc2c(c1)[C@H](F)C(=O)N2. The Balaban J connectivity index is 2.47. The van der Waals surface area contributed by atoms with Crippen molar-refractivity contribution in [3.63, 3.8) is 0 Å². The van der Waals surface area contributed by atoms with E-state index >= 15 is 0 Å². The molecule has 0 saturated carbocycles. The number of nitrogens with one attached hydrogen (secondary N) is 1. The van der Waals surface area contributed by atoms with Gasteiger partial charge in [0.1, 0.15) is 5.75 Å². The number of anilines is 1. The fourth-order valence-corrected chi connectivity index (χ4v) is 1.33. The molecule has 1 heterocycles. The molecule has 68 valence electrons. The van der Waals surface area contributed by atoms with Gasteiger partial charge in [-0.05, 0) is 18.2 Å². The molecule has 1 aromatic rings. The maximum atomic E-state index is 13.2. The summed E-state index contributed by atoms with van der Waals surface area (Å²) in [5, 5.41) is 2.43. The molecule has 0 bridgehead atoms. The van der Waals surface area contributed by atoms with Crippen molar-refractivity contribution in [3.05, 3.63) is 23.8 Å². The number of halogens is 1. The zero-order valence-electron chi connectivity index (χ0n) is 7.00. The second-order valence-corrected chi connectivity index (χ2v) is 2.80. The van der Waals surface area contributed by atoms with Crippen LogP contribution in [0.3, 0.4) is 0 Å². The third kappa shape index (κ3) is 1.14. The van der Waals surface area contributed by atoms with Crippen molar-refractivity contribution in [2.24, 2.45) is 0 Å². The van der Waals surface area contributed by atoms with E-state index in [9.17, 15) is 9.18 Å². The molecule has 0 aromatic heterocycles. The zero-order valence-corrected chi connectivity index (χ0v) is 7.00. The number of amides is 1. The Morgan fingerprint density at radius 1 is 1.54 bits per heavy atom. The van der Waals surface area contributed by atoms with E-state index < -0.39 is 12.1 Å². The fourth-order valence-electron chi connectivity index (χ4n) is 1.33. The molecule has 13 heavy (non-hydrogen) atoms. The summed E-state index contributed by atoms with van der Waals surface area (Å²) in [7, 11) is 1.50. The number of rotatable bonds is 1. The van der Waals surface area contributed by atoms with Crippen LogP contribution in [0, 0.1) is 0 Å². The molecule has 1 amide bonds. The lowest BCUT2D eigenvalue weighted by Gasteiger charge is -2.02. The van der Waals surface area contributed by atoms with Gasteiger partial charge in [-0.3, -0.25) is 4.79 Å². The van der Waals surface area contributed by atoms with Crippen molar-refractivity contribution in [1.82, 2.24) is 0 Å². The molecule has 0 saturated heterocycles. The van der Waals surface area contributed by atoms with E-state index in [1.165, 1.54) is 13.2 Å². The van der Waals surface area contributed by atoms with Gasteiger partial charge in [0.15, 0.2) is 0 Å². The first-order valence-electron chi connectivity index (χ1n) is 3.85. The van der Waals surface area contributed by atoms with Crippen LogP contribution in [0.5, 0.6) is 5.75 Å². The molecule has 0 radical (unpaired) electrons. The first-order valence-corrected chi connectivity index (χ1v) is 3.85. The van der Waals surface area contributed by atoms with Gasteiger partial charge in [-0.1, -0.05) is 0 Å². The molecule has 0 aliphatic carbocycles. The number of methoxy groups -OCH3 is 1. The number of hydrogen-bond donors (Lipinski definition) is 1. The predicted molar refractivity (Wildman–Crippen MR) is 45.5 cm³/mol. The summed E-state index contributed by atoms with van der Waals surface area (Å²) in [6.07, 6.45) is -1.56. The maximum Gasteiger partial charge on any atom is 0.263 e. The minimum absolute atomic E-state index is 0.351. The van der Waals surface area contributed by atoms with Gasteiger partial charge in [0.25, 0.3) is 5.91 Å². The highest BCUT2D eigenvalue weighted by Crippen LogP contribution is 2.35. The second kappa shape index (κ2) is 2.73. The van der Waals surface area contributed by atoms with Gasteiger partial charge < -0.3 is 10.1 Å².